The summed E-state index contributed by atoms with van der Waals surface area (Å²) in [7, 11) is 1.72. The minimum atomic E-state index is -0.203. The standard InChI is InChI=1S/C22H27FN4O2/c1-24-22(26-15-18-13-17-4-2-3-5-21(17)29-18)25-14-16-6-7-20(19(23)12-16)27-8-10-28-11-9-27/h2-7,12,18H,8-11,13-15H2,1H3,(H2,24,25,26). The van der Waals surface area contributed by atoms with Crippen molar-refractivity contribution in [3.63, 3.8) is 0 Å². The highest BCUT2D eigenvalue weighted by Gasteiger charge is 2.22. The Morgan fingerprint density at radius 2 is 2.00 bits per heavy atom. The number of nitrogens with zero attached hydrogens (tertiary/aromatic N) is 2. The van der Waals surface area contributed by atoms with Gasteiger partial charge in [-0.1, -0.05) is 24.3 Å². The van der Waals surface area contributed by atoms with E-state index in [1.54, 1.807) is 13.1 Å². The molecule has 4 rings (SSSR count). The molecule has 0 amide bonds. The molecule has 1 unspecified atom stereocenters. The third-order valence-corrected chi connectivity index (χ3v) is 5.26. The normalized spacial score (nSPS) is 18.9. The van der Waals surface area contributed by atoms with E-state index in [0.717, 1.165) is 30.8 Å². The van der Waals surface area contributed by atoms with Crippen molar-refractivity contribution >= 4 is 11.6 Å². The van der Waals surface area contributed by atoms with Crippen LogP contribution in [0.3, 0.4) is 0 Å². The van der Waals surface area contributed by atoms with Crippen molar-refractivity contribution in [3.05, 3.63) is 59.4 Å². The molecule has 1 fully saturated rings. The smallest absolute Gasteiger partial charge is 0.191 e. The molecule has 1 atom stereocenters. The molecule has 2 heterocycles. The third kappa shape index (κ3) is 4.79. The monoisotopic (exact) mass is 398 g/mol. The lowest BCUT2D eigenvalue weighted by Gasteiger charge is -2.29. The molecule has 0 spiro atoms. The van der Waals surface area contributed by atoms with Crippen LogP contribution in [0.4, 0.5) is 10.1 Å². The van der Waals surface area contributed by atoms with Gasteiger partial charge in [-0.2, -0.15) is 0 Å². The van der Waals surface area contributed by atoms with Crippen molar-refractivity contribution < 1.29 is 13.9 Å². The number of morpholine rings is 1. The average molecular weight is 398 g/mol. The number of guanidine groups is 1. The second-order valence-corrected chi connectivity index (χ2v) is 7.24. The average Bonchev–Trinajstić information content (AvgIpc) is 3.17. The van der Waals surface area contributed by atoms with E-state index in [-0.39, 0.29) is 11.9 Å². The van der Waals surface area contributed by atoms with Crippen molar-refractivity contribution in [1.29, 1.82) is 0 Å². The zero-order valence-corrected chi connectivity index (χ0v) is 16.7. The van der Waals surface area contributed by atoms with E-state index < -0.39 is 0 Å². The Morgan fingerprint density at radius 1 is 1.17 bits per heavy atom. The molecule has 0 aromatic heterocycles. The number of hydrogen-bond acceptors (Lipinski definition) is 4. The first kappa shape index (κ1) is 19.5. The van der Waals surface area contributed by atoms with Gasteiger partial charge < -0.3 is 25.0 Å². The number of aliphatic imine (C=N–C) groups is 1. The van der Waals surface area contributed by atoms with Crippen LogP contribution in [0.25, 0.3) is 0 Å². The minimum Gasteiger partial charge on any atom is -0.488 e. The van der Waals surface area contributed by atoms with Crippen molar-refractivity contribution in [2.24, 2.45) is 4.99 Å². The van der Waals surface area contributed by atoms with Gasteiger partial charge in [-0.25, -0.2) is 4.39 Å². The summed E-state index contributed by atoms with van der Waals surface area (Å²) < 4.78 is 25.8. The number of fused-ring (bicyclic) bond motifs is 1. The van der Waals surface area contributed by atoms with Crippen LogP contribution in [0.5, 0.6) is 5.75 Å². The maximum Gasteiger partial charge on any atom is 0.191 e. The molecule has 0 radical (unpaired) electrons. The van der Waals surface area contributed by atoms with Crippen molar-refractivity contribution in [3.8, 4) is 5.75 Å². The van der Waals surface area contributed by atoms with Gasteiger partial charge in [-0.05, 0) is 29.3 Å². The molecule has 2 aromatic rings. The van der Waals surface area contributed by atoms with E-state index in [1.165, 1.54) is 5.56 Å². The predicted molar refractivity (Wildman–Crippen MR) is 112 cm³/mol. The molecule has 29 heavy (non-hydrogen) atoms. The lowest BCUT2D eigenvalue weighted by atomic mass is 10.1. The lowest BCUT2D eigenvalue weighted by Crippen LogP contribution is -2.42. The molecule has 2 aliphatic heterocycles. The van der Waals surface area contributed by atoms with Crippen LogP contribution >= 0.6 is 0 Å². The third-order valence-electron chi connectivity index (χ3n) is 5.26. The second kappa shape index (κ2) is 9.13. The van der Waals surface area contributed by atoms with Crippen LogP contribution in [-0.4, -0.2) is 52.0 Å². The van der Waals surface area contributed by atoms with Crippen LogP contribution in [0, 0.1) is 5.82 Å². The van der Waals surface area contributed by atoms with Gasteiger partial charge in [0.25, 0.3) is 0 Å². The fourth-order valence-corrected chi connectivity index (χ4v) is 3.71. The Balaban J connectivity index is 1.27. The first-order chi connectivity index (χ1) is 14.2. The Hall–Kier alpha value is -2.80. The molecule has 1 saturated heterocycles. The fraction of sp³-hybridized carbons (Fsp3) is 0.409. The molecule has 2 aliphatic rings. The summed E-state index contributed by atoms with van der Waals surface area (Å²) in [5.41, 5.74) is 2.74. The number of anilines is 1. The van der Waals surface area contributed by atoms with E-state index in [4.69, 9.17) is 9.47 Å². The largest absolute Gasteiger partial charge is 0.488 e. The number of nitrogens with one attached hydrogen (secondary N) is 2. The molecular formula is C22H27FN4O2. The molecule has 6 nitrogen and oxygen atoms in total. The highest BCUT2D eigenvalue weighted by Crippen LogP contribution is 2.27. The van der Waals surface area contributed by atoms with Crippen LogP contribution in [0.2, 0.25) is 0 Å². The number of benzene rings is 2. The SMILES string of the molecule is CN=C(NCc1ccc(N2CCOCC2)c(F)c1)NCC1Cc2ccccc2O1. The zero-order valence-electron chi connectivity index (χ0n) is 16.7. The Morgan fingerprint density at radius 3 is 2.76 bits per heavy atom. The van der Waals surface area contributed by atoms with Crippen LogP contribution in [0.1, 0.15) is 11.1 Å². The van der Waals surface area contributed by atoms with Gasteiger partial charge in [0.15, 0.2) is 5.96 Å². The summed E-state index contributed by atoms with van der Waals surface area (Å²) >= 11 is 0. The molecule has 0 aliphatic carbocycles. The number of halogens is 1. The molecule has 0 bridgehead atoms. The summed E-state index contributed by atoms with van der Waals surface area (Å²) in [6.45, 7) is 3.86. The van der Waals surface area contributed by atoms with Gasteiger partial charge in [-0.3, -0.25) is 4.99 Å². The van der Waals surface area contributed by atoms with Gasteiger partial charge in [0.2, 0.25) is 0 Å². The summed E-state index contributed by atoms with van der Waals surface area (Å²) in [6.07, 6.45) is 0.963. The van der Waals surface area contributed by atoms with Gasteiger partial charge in [0, 0.05) is 33.1 Å². The second-order valence-electron chi connectivity index (χ2n) is 7.24. The highest BCUT2D eigenvalue weighted by molar-refractivity contribution is 5.79. The minimum absolute atomic E-state index is 0.0798. The van der Waals surface area contributed by atoms with Crippen LogP contribution in [0.15, 0.2) is 47.5 Å². The maximum atomic E-state index is 14.6. The Bertz CT molecular complexity index is 843. The summed E-state index contributed by atoms with van der Waals surface area (Å²) in [5, 5.41) is 6.53. The summed E-state index contributed by atoms with van der Waals surface area (Å²) in [4.78, 5) is 6.27. The number of rotatable bonds is 5. The summed E-state index contributed by atoms with van der Waals surface area (Å²) in [6, 6.07) is 13.5. The van der Waals surface area contributed by atoms with E-state index in [1.807, 2.05) is 35.2 Å². The number of hydrogen-bond donors (Lipinski definition) is 2. The number of para-hydroxylation sites is 1. The van der Waals surface area contributed by atoms with E-state index >= 15 is 0 Å². The molecular weight excluding hydrogens is 371 g/mol. The maximum absolute atomic E-state index is 14.6. The number of ether oxygens (including phenoxy) is 2. The molecule has 7 heteroatoms. The van der Waals surface area contributed by atoms with Crippen LogP contribution in [-0.2, 0) is 17.7 Å². The first-order valence-corrected chi connectivity index (χ1v) is 10.0. The van der Waals surface area contributed by atoms with Crippen LogP contribution < -0.4 is 20.3 Å². The van der Waals surface area contributed by atoms with E-state index in [0.29, 0.717) is 38.0 Å². The molecule has 154 valence electrons. The quantitative estimate of drug-likeness (QED) is 0.598. The highest BCUT2D eigenvalue weighted by atomic mass is 19.1. The van der Waals surface area contributed by atoms with Crippen molar-refractivity contribution in [2.45, 2.75) is 19.1 Å². The topological polar surface area (TPSA) is 58.1 Å². The van der Waals surface area contributed by atoms with Crippen molar-refractivity contribution in [2.75, 3.05) is 44.8 Å². The predicted octanol–water partition coefficient (Wildman–Crippen LogP) is 2.33. The Labute approximate surface area is 170 Å². The molecule has 2 N–H and O–H groups in total. The van der Waals surface area contributed by atoms with Gasteiger partial charge >= 0.3 is 0 Å². The van der Waals surface area contributed by atoms with E-state index in [2.05, 4.69) is 21.7 Å². The zero-order chi connectivity index (χ0) is 20.1. The Kier molecular flexibility index (Phi) is 6.14. The van der Waals surface area contributed by atoms with E-state index in [9.17, 15) is 4.39 Å². The first-order valence-electron chi connectivity index (χ1n) is 10.0. The van der Waals surface area contributed by atoms with Crippen molar-refractivity contribution in [1.82, 2.24) is 10.6 Å². The van der Waals surface area contributed by atoms with Gasteiger partial charge in [-0.15, -0.1) is 0 Å². The van der Waals surface area contributed by atoms with Gasteiger partial charge in [0.1, 0.15) is 17.7 Å². The lowest BCUT2D eigenvalue weighted by molar-refractivity contribution is 0.122. The molecule has 2 aromatic carbocycles. The molecule has 0 saturated carbocycles. The van der Waals surface area contributed by atoms with Gasteiger partial charge in [0.05, 0.1) is 25.4 Å². The summed E-state index contributed by atoms with van der Waals surface area (Å²) in [5.74, 6) is 1.42. The fourth-order valence-electron chi connectivity index (χ4n) is 3.71.